The van der Waals surface area contributed by atoms with Crippen molar-refractivity contribution in [3.05, 3.63) is 24.3 Å². The largest absolute Gasteiger partial charge is 0.491 e. The molecule has 0 atom stereocenters. The number of benzene rings is 1. The highest BCUT2D eigenvalue weighted by atomic mass is 16.5. The van der Waals surface area contributed by atoms with Gasteiger partial charge in [-0.3, -0.25) is 4.79 Å². The number of amides is 1. The Kier molecular flexibility index (Phi) is 5.48. The van der Waals surface area contributed by atoms with Crippen LogP contribution in [0.15, 0.2) is 24.3 Å². The van der Waals surface area contributed by atoms with Crippen LogP contribution in [0.2, 0.25) is 0 Å². The Labute approximate surface area is 127 Å². The van der Waals surface area contributed by atoms with Crippen LogP contribution in [0.1, 0.15) is 33.6 Å². The normalized spacial score (nSPS) is 16.1. The highest BCUT2D eigenvalue weighted by molar-refractivity contribution is 5.81. The molecule has 1 aliphatic rings. The van der Waals surface area contributed by atoms with Gasteiger partial charge in [-0.1, -0.05) is 13.0 Å². The van der Waals surface area contributed by atoms with Crippen LogP contribution in [0.4, 0.5) is 5.69 Å². The molecule has 4 heteroatoms. The highest BCUT2D eigenvalue weighted by Gasteiger charge is 2.19. The summed E-state index contributed by atoms with van der Waals surface area (Å²) in [5.74, 6) is 1.75. The van der Waals surface area contributed by atoms with E-state index >= 15 is 0 Å². The first-order valence-corrected chi connectivity index (χ1v) is 7.83. The number of piperidine rings is 1. The highest BCUT2D eigenvalue weighted by Crippen LogP contribution is 2.19. The van der Waals surface area contributed by atoms with Gasteiger partial charge in [-0.25, -0.2) is 0 Å². The minimum absolute atomic E-state index is 0.150. The zero-order valence-electron chi connectivity index (χ0n) is 13.3. The average Bonchev–Trinajstić information content (AvgIpc) is 2.45. The van der Waals surface area contributed by atoms with Gasteiger partial charge in [-0.2, -0.15) is 0 Å². The van der Waals surface area contributed by atoms with Crippen LogP contribution < -0.4 is 10.1 Å². The minimum atomic E-state index is 0.150. The van der Waals surface area contributed by atoms with E-state index in [1.54, 1.807) is 0 Å². The Hall–Kier alpha value is -1.71. The van der Waals surface area contributed by atoms with E-state index in [9.17, 15) is 4.79 Å². The van der Waals surface area contributed by atoms with Crippen molar-refractivity contribution in [3.63, 3.8) is 0 Å². The molecule has 0 aliphatic carbocycles. The van der Waals surface area contributed by atoms with Crippen LogP contribution in [-0.2, 0) is 4.79 Å². The fraction of sp³-hybridized carbons (Fsp3) is 0.588. The van der Waals surface area contributed by atoms with Crippen molar-refractivity contribution in [2.75, 3.05) is 25.0 Å². The van der Waals surface area contributed by atoms with Crippen LogP contribution in [-0.4, -0.2) is 36.5 Å². The summed E-state index contributed by atoms with van der Waals surface area (Å²) in [6.07, 6.45) is 2.38. The summed E-state index contributed by atoms with van der Waals surface area (Å²) in [4.78, 5) is 14.1. The molecule has 21 heavy (non-hydrogen) atoms. The predicted molar refractivity (Wildman–Crippen MR) is 85.7 cm³/mol. The van der Waals surface area contributed by atoms with E-state index in [4.69, 9.17) is 4.74 Å². The first-order valence-electron chi connectivity index (χ1n) is 7.83. The molecule has 1 aromatic carbocycles. The Morgan fingerprint density at radius 2 is 2.10 bits per heavy atom. The molecule has 1 saturated heterocycles. The molecular weight excluding hydrogens is 264 g/mol. The molecule has 1 heterocycles. The van der Waals surface area contributed by atoms with Gasteiger partial charge in [0, 0.05) is 24.8 Å². The lowest BCUT2D eigenvalue weighted by molar-refractivity contribution is -0.130. The number of ether oxygens (including phenoxy) is 1. The average molecular weight is 290 g/mol. The van der Waals surface area contributed by atoms with Gasteiger partial charge < -0.3 is 15.0 Å². The second-order valence-corrected chi connectivity index (χ2v) is 6.11. The van der Waals surface area contributed by atoms with Crippen molar-refractivity contribution >= 4 is 11.6 Å². The second kappa shape index (κ2) is 7.34. The maximum Gasteiger partial charge on any atom is 0.241 e. The third-order valence-corrected chi connectivity index (χ3v) is 3.79. The van der Waals surface area contributed by atoms with E-state index in [0.29, 0.717) is 6.54 Å². The van der Waals surface area contributed by atoms with Gasteiger partial charge in [-0.05, 0) is 44.7 Å². The summed E-state index contributed by atoms with van der Waals surface area (Å²) >= 11 is 0. The molecule has 2 rings (SSSR count). The van der Waals surface area contributed by atoms with Crippen molar-refractivity contribution in [2.45, 2.75) is 39.7 Å². The van der Waals surface area contributed by atoms with E-state index in [-0.39, 0.29) is 12.0 Å². The van der Waals surface area contributed by atoms with Crippen LogP contribution >= 0.6 is 0 Å². The van der Waals surface area contributed by atoms with E-state index in [1.807, 2.05) is 43.0 Å². The second-order valence-electron chi connectivity index (χ2n) is 6.11. The standard InChI is InChI=1S/C17H26N2O2/c1-13(2)21-16-6-4-5-15(11-16)18-12-17(20)19-9-7-14(3)8-10-19/h4-6,11,13-14,18H,7-10,12H2,1-3H3. The van der Waals surface area contributed by atoms with Crippen LogP contribution in [0.5, 0.6) is 5.75 Å². The third kappa shape index (κ3) is 4.96. The monoisotopic (exact) mass is 290 g/mol. The van der Waals surface area contributed by atoms with Gasteiger partial charge in [0.1, 0.15) is 5.75 Å². The molecule has 1 fully saturated rings. The lowest BCUT2D eigenvalue weighted by Gasteiger charge is -2.30. The lowest BCUT2D eigenvalue weighted by atomic mass is 9.99. The molecule has 0 unspecified atom stereocenters. The Morgan fingerprint density at radius 1 is 1.38 bits per heavy atom. The number of likely N-dealkylation sites (tertiary alicyclic amines) is 1. The number of rotatable bonds is 5. The molecule has 1 amide bonds. The van der Waals surface area contributed by atoms with Gasteiger partial charge in [0.15, 0.2) is 0 Å². The molecule has 0 saturated carbocycles. The SMILES string of the molecule is CC1CCN(C(=O)CNc2cccc(OC(C)C)c2)CC1. The maximum atomic E-state index is 12.2. The topological polar surface area (TPSA) is 41.6 Å². The Morgan fingerprint density at radius 3 is 2.76 bits per heavy atom. The van der Waals surface area contributed by atoms with Crippen molar-refractivity contribution in [2.24, 2.45) is 5.92 Å². The summed E-state index contributed by atoms with van der Waals surface area (Å²) in [5, 5.41) is 3.20. The minimum Gasteiger partial charge on any atom is -0.491 e. The molecule has 1 aromatic rings. The number of nitrogens with zero attached hydrogens (tertiary/aromatic N) is 1. The first kappa shape index (κ1) is 15.7. The molecule has 1 N–H and O–H groups in total. The number of hydrogen-bond donors (Lipinski definition) is 1. The summed E-state index contributed by atoms with van der Waals surface area (Å²) in [5.41, 5.74) is 0.923. The predicted octanol–water partition coefficient (Wildman–Crippen LogP) is 3.14. The van der Waals surface area contributed by atoms with Crippen molar-refractivity contribution in [1.29, 1.82) is 0 Å². The fourth-order valence-electron chi connectivity index (χ4n) is 2.50. The van der Waals surface area contributed by atoms with Gasteiger partial charge in [-0.15, -0.1) is 0 Å². The fourth-order valence-corrected chi connectivity index (χ4v) is 2.50. The van der Waals surface area contributed by atoms with Gasteiger partial charge in [0.25, 0.3) is 0 Å². The quantitative estimate of drug-likeness (QED) is 0.906. The summed E-state index contributed by atoms with van der Waals surface area (Å²) in [6, 6.07) is 7.76. The van der Waals surface area contributed by atoms with Crippen molar-refractivity contribution in [3.8, 4) is 5.75 Å². The van der Waals surface area contributed by atoms with Crippen LogP contribution in [0.25, 0.3) is 0 Å². The summed E-state index contributed by atoms with van der Waals surface area (Å²) in [7, 11) is 0. The van der Waals surface area contributed by atoms with Crippen molar-refractivity contribution < 1.29 is 9.53 Å². The number of carbonyl (C=O) groups excluding carboxylic acids is 1. The van der Waals surface area contributed by atoms with E-state index in [0.717, 1.165) is 43.3 Å². The van der Waals surface area contributed by atoms with Gasteiger partial charge >= 0.3 is 0 Å². The van der Waals surface area contributed by atoms with Gasteiger partial charge in [0.2, 0.25) is 5.91 Å². The molecular formula is C17H26N2O2. The zero-order valence-corrected chi connectivity index (χ0v) is 13.3. The molecule has 4 nitrogen and oxygen atoms in total. The number of hydrogen-bond acceptors (Lipinski definition) is 3. The Bertz CT molecular complexity index is 466. The van der Waals surface area contributed by atoms with E-state index < -0.39 is 0 Å². The summed E-state index contributed by atoms with van der Waals surface area (Å²) in [6.45, 7) is 8.37. The van der Waals surface area contributed by atoms with E-state index in [1.165, 1.54) is 0 Å². The zero-order chi connectivity index (χ0) is 15.2. The van der Waals surface area contributed by atoms with Crippen molar-refractivity contribution in [1.82, 2.24) is 4.90 Å². The molecule has 0 radical (unpaired) electrons. The van der Waals surface area contributed by atoms with E-state index in [2.05, 4.69) is 12.2 Å². The molecule has 0 aromatic heterocycles. The summed E-state index contributed by atoms with van der Waals surface area (Å²) < 4.78 is 5.65. The smallest absolute Gasteiger partial charge is 0.241 e. The molecule has 116 valence electrons. The number of anilines is 1. The molecule has 1 aliphatic heterocycles. The van der Waals surface area contributed by atoms with Crippen LogP contribution in [0, 0.1) is 5.92 Å². The Balaban J connectivity index is 1.83. The molecule has 0 spiro atoms. The third-order valence-electron chi connectivity index (χ3n) is 3.79. The van der Waals surface area contributed by atoms with Crippen LogP contribution in [0.3, 0.4) is 0 Å². The molecule has 0 bridgehead atoms. The number of carbonyl (C=O) groups is 1. The van der Waals surface area contributed by atoms with Gasteiger partial charge in [0.05, 0.1) is 12.6 Å². The lowest BCUT2D eigenvalue weighted by Crippen LogP contribution is -2.40. The maximum absolute atomic E-state index is 12.2. The first-order chi connectivity index (χ1) is 10.0. The number of nitrogens with one attached hydrogen (secondary N) is 1.